The molecule has 4 nitrogen and oxygen atoms in total. The topological polar surface area (TPSA) is 42.3 Å². The highest BCUT2D eigenvalue weighted by Gasteiger charge is 2.33. The third kappa shape index (κ3) is 1.94. The zero-order valence-corrected chi connectivity index (χ0v) is 14.0. The number of carbonyl (C=O) groups excluding carboxylic acids is 1. The normalized spacial score (nSPS) is 18.0. The Balaban J connectivity index is 1.69. The van der Waals surface area contributed by atoms with Crippen LogP contribution in [0.4, 0.5) is 5.69 Å². The van der Waals surface area contributed by atoms with Crippen LogP contribution in [-0.2, 0) is 19.4 Å². The van der Waals surface area contributed by atoms with E-state index in [1.807, 2.05) is 37.3 Å². The summed E-state index contributed by atoms with van der Waals surface area (Å²) >= 11 is 0. The molecule has 2 aliphatic rings. The van der Waals surface area contributed by atoms with E-state index in [4.69, 9.17) is 0 Å². The largest absolute Gasteiger partial charge is 0.346 e. The highest BCUT2D eigenvalue weighted by molar-refractivity contribution is 6.09. The maximum Gasteiger partial charge on any atom is 0.264 e. The molecule has 1 atom stereocenters. The summed E-state index contributed by atoms with van der Waals surface area (Å²) in [5.74, 6) is -0.189. The van der Waals surface area contributed by atoms with Crippen LogP contribution in [0.3, 0.4) is 0 Å². The Kier molecular flexibility index (Phi) is 2.93. The number of para-hydroxylation sites is 2. The van der Waals surface area contributed by atoms with Gasteiger partial charge in [-0.05, 0) is 43.0 Å². The smallest absolute Gasteiger partial charge is 0.264 e. The summed E-state index contributed by atoms with van der Waals surface area (Å²) < 4.78 is 2.06. The van der Waals surface area contributed by atoms with Gasteiger partial charge in [-0.2, -0.15) is 0 Å². The number of pyridine rings is 1. The first-order valence-electron chi connectivity index (χ1n) is 8.71. The van der Waals surface area contributed by atoms with Crippen molar-refractivity contribution in [2.45, 2.75) is 32.4 Å². The number of benzene rings is 2. The molecule has 0 unspecified atom stereocenters. The number of nitrogens with zero attached hydrogens (tertiary/aromatic N) is 2. The predicted molar refractivity (Wildman–Crippen MR) is 98.3 cm³/mol. The molecule has 4 heteroatoms. The number of carbonyl (C=O) groups is 1. The Morgan fingerprint density at radius 3 is 2.76 bits per heavy atom. The molecule has 3 aromatic rings. The van der Waals surface area contributed by atoms with E-state index in [2.05, 4.69) is 16.7 Å². The Morgan fingerprint density at radius 2 is 1.88 bits per heavy atom. The summed E-state index contributed by atoms with van der Waals surface area (Å²) in [6, 6.07) is 13.8. The first kappa shape index (κ1) is 14.5. The van der Waals surface area contributed by atoms with Crippen LogP contribution in [0.15, 0.2) is 53.5 Å². The Hall–Kier alpha value is -2.88. The van der Waals surface area contributed by atoms with E-state index in [1.54, 1.807) is 11.1 Å². The molecule has 0 radical (unpaired) electrons. The van der Waals surface area contributed by atoms with E-state index < -0.39 is 0 Å². The number of rotatable bonds is 1. The van der Waals surface area contributed by atoms with Crippen LogP contribution in [0.1, 0.15) is 28.4 Å². The Bertz CT molecular complexity index is 1100. The highest BCUT2D eigenvalue weighted by Crippen LogP contribution is 2.33. The third-order valence-corrected chi connectivity index (χ3v) is 5.46. The number of hydrogen-bond acceptors (Lipinski definition) is 2. The SMILES string of the molecule is C[C@@H]1Cc2ccccc2N1C(=O)c1cn2c3c(cccc3c1=O)CC2. The highest BCUT2D eigenvalue weighted by atomic mass is 16.2. The fourth-order valence-corrected chi connectivity index (χ4v) is 4.31. The number of amides is 1. The summed E-state index contributed by atoms with van der Waals surface area (Å²) in [6.45, 7) is 2.86. The minimum Gasteiger partial charge on any atom is -0.346 e. The van der Waals surface area contributed by atoms with E-state index in [0.29, 0.717) is 5.39 Å². The molecular formula is C21H18N2O2. The lowest BCUT2D eigenvalue weighted by molar-refractivity contribution is 0.0980. The van der Waals surface area contributed by atoms with Crippen molar-refractivity contribution in [3.05, 3.63) is 75.6 Å². The van der Waals surface area contributed by atoms with Gasteiger partial charge in [0.25, 0.3) is 5.91 Å². The Morgan fingerprint density at radius 1 is 1.08 bits per heavy atom. The van der Waals surface area contributed by atoms with Gasteiger partial charge in [0.05, 0.1) is 5.52 Å². The quantitative estimate of drug-likeness (QED) is 0.688. The van der Waals surface area contributed by atoms with E-state index in [0.717, 1.165) is 36.2 Å². The zero-order valence-electron chi connectivity index (χ0n) is 14.0. The van der Waals surface area contributed by atoms with Gasteiger partial charge in [-0.3, -0.25) is 9.59 Å². The van der Waals surface area contributed by atoms with Crippen molar-refractivity contribution < 1.29 is 4.79 Å². The first-order valence-corrected chi connectivity index (χ1v) is 8.71. The zero-order chi connectivity index (χ0) is 17.1. The van der Waals surface area contributed by atoms with Crippen molar-refractivity contribution in [2.75, 3.05) is 4.90 Å². The number of aryl methyl sites for hydroxylation is 2. The van der Waals surface area contributed by atoms with Crippen LogP contribution in [0, 0.1) is 0 Å². The number of fused-ring (bicyclic) bond motifs is 1. The van der Waals surface area contributed by atoms with Crippen molar-refractivity contribution in [1.29, 1.82) is 0 Å². The molecule has 5 rings (SSSR count). The van der Waals surface area contributed by atoms with E-state index in [9.17, 15) is 9.59 Å². The predicted octanol–water partition coefficient (Wildman–Crippen LogP) is 3.15. The van der Waals surface area contributed by atoms with Gasteiger partial charge in [-0.15, -0.1) is 0 Å². The van der Waals surface area contributed by atoms with E-state index in [1.165, 1.54) is 5.56 Å². The van der Waals surface area contributed by atoms with Crippen LogP contribution < -0.4 is 10.3 Å². The average molecular weight is 330 g/mol. The lowest BCUT2D eigenvalue weighted by atomic mass is 10.1. The molecule has 2 aromatic carbocycles. The molecule has 0 bridgehead atoms. The number of aromatic nitrogens is 1. The minimum atomic E-state index is -0.189. The van der Waals surface area contributed by atoms with Crippen molar-refractivity contribution in [3.63, 3.8) is 0 Å². The molecule has 0 saturated carbocycles. The molecule has 0 spiro atoms. The van der Waals surface area contributed by atoms with Crippen molar-refractivity contribution in [2.24, 2.45) is 0 Å². The molecule has 25 heavy (non-hydrogen) atoms. The fourth-order valence-electron chi connectivity index (χ4n) is 4.31. The summed E-state index contributed by atoms with van der Waals surface area (Å²) in [5.41, 5.74) is 4.38. The molecule has 1 amide bonds. The lowest BCUT2D eigenvalue weighted by Crippen LogP contribution is -2.38. The van der Waals surface area contributed by atoms with Gasteiger partial charge in [0, 0.05) is 29.9 Å². The van der Waals surface area contributed by atoms with Gasteiger partial charge < -0.3 is 9.47 Å². The van der Waals surface area contributed by atoms with Gasteiger partial charge in [0.15, 0.2) is 0 Å². The third-order valence-electron chi connectivity index (χ3n) is 5.46. The molecule has 0 fully saturated rings. The molecule has 2 aliphatic heterocycles. The lowest BCUT2D eigenvalue weighted by Gasteiger charge is -2.23. The van der Waals surface area contributed by atoms with Gasteiger partial charge in [0.1, 0.15) is 5.56 Å². The standard InChI is InChI=1S/C21H18N2O2/c1-13-11-15-5-2-3-8-18(15)23(13)21(25)17-12-22-10-9-14-6-4-7-16(19(14)22)20(17)24/h2-8,12-13H,9-11H2,1H3/t13-/m1/s1. The molecular weight excluding hydrogens is 312 g/mol. The summed E-state index contributed by atoms with van der Waals surface area (Å²) in [6.07, 6.45) is 3.50. The second-order valence-corrected chi connectivity index (χ2v) is 6.99. The molecule has 0 N–H and O–H groups in total. The number of hydrogen-bond donors (Lipinski definition) is 0. The monoisotopic (exact) mass is 330 g/mol. The molecule has 3 heterocycles. The van der Waals surface area contributed by atoms with E-state index >= 15 is 0 Å². The minimum absolute atomic E-state index is 0.0601. The van der Waals surface area contributed by atoms with Crippen molar-refractivity contribution in [3.8, 4) is 0 Å². The second-order valence-electron chi connectivity index (χ2n) is 6.99. The van der Waals surface area contributed by atoms with Gasteiger partial charge >= 0.3 is 0 Å². The Labute approximate surface area is 145 Å². The van der Waals surface area contributed by atoms with Gasteiger partial charge in [-0.1, -0.05) is 30.3 Å². The summed E-state index contributed by atoms with van der Waals surface area (Å²) in [4.78, 5) is 28.1. The summed E-state index contributed by atoms with van der Waals surface area (Å²) in [5, 5.41) is 0.654. The molecule has 1 aromatic heterocycles. The van der Waals surface area contributed by atoms with E-state index in [-0.39, 0.29) is 22.9 Å². The molecule has 124 valence electrons. The first-order chi connectivity index (χ1) is 12.1. The van der Waals surface area contributed by atoms with Gasteiger partial charge in [-0.25, -0.2) is 0 Å². The number of anilines is 1. The summed E-state index contributed by atoms with van der Waals surface area (Å²) in [7, 11) is 0. The maximum atomic E-state index is 13.3. The fraction of sp³-hybridized carbons (Fsp3) is 0.238. The van der Waals surface area contributed by atoms with Crippen molar-refractivity contribution >= 4 is 22.5 Å². The van der Waals surface area contributed by atoms with Crippen LogP contribution >= 0.6 is 0 Å². The van der Waals surface area contributed by atoms with Crippen molar-refractivity contribution in [1.82, 2.24) is 4.57 Å². The van der Waals surface area contributed by atoms with Crippen LogP contribution in [0.25, 0.3) is 10.9 Å². The van der Waals surface area contributed by atoms with Crippen LogP contribution in [-0.4, -0.2) is 16.5 Å². The molecule has 0 saturated heterocycles. The second kappa shape index (κ2) is 5.06. The maximum absolute atomic E-state index is 13.3. The van der Waals surface area contributed by atoms with Crippen LogP contribution in [0.2, 0.25) is 0 Å². The van der Waals surface area contributed by atoms with Crippen LogP contribution in [0.5, 0.6) is 0 Å². The average Bonchev–Trinajstić information content (AvgIpc) is 3.18. The molecule has 0 aliphatic carbocycles. The van der Waals surface area contributed by atoms with Gasteiger partial charge in [0.2, 0.25) is 5.43 Å².